The maximum atomic E-state index is 12.9. The molecule has 0 aromatic carbocycles. The second-order valence-corrected chi connectivity index (χ2v) is 8.39. The topological polar surface area (TPSA) is 32.3 Å². The van der Waals surface area contributed by atoms with Crippen molar-refractivity contribution in [1.82, 2.24) is 10.2 Å². The van der Waals surface area contributed by atoms with Gasteiger partial charge in [-0.25, -0.2) is 0 Å². The molecule has 20 heavy (non-hydrogen) atoms. The van der Waals surface area contributed by atoms with Gasteiger partial charge in [-0.3, -0.25) is 10.1 Å². The lowest BCUT2D eigenvalue weighted by Gasteiger charge is -2.34. The Balaban J connectivity index is 1.55. The molecule has 0 aromatic heterocycles. The highest BCUT2D eigenvalue weighted by Gasteiger charge is 2.61. The van der Waals surface area contributed by atoms with E-state index in [0.29, 0.717) is 24.0 Å². The highest BCUT2D eigenvalue weighted by Crippen LogP contribution is 2.48. The maximum absolute atomic E-state index is 12.9. The normalized spacial score (nSPS) is 40.1. The molecule has 1 N–H and O–H groups in total. The number of hydrogen-bond acceptors (Lipinski definition) is 3. The van der Waals surface area contributed by atoms with Crippen LogP contribution in [0.3, 0.4) is 0 Å². The second kappa shape index (κ2) is 4.91. The van der Waals surface area contributed by atoms with Gasteiger partial charge in [0.25, 0.3) is 0 Å². The van der Waals surface area contributed by atoms with Gasteiger partial charge < -0.3 is 4.90 Å². The van der Waals surface area contributed by atoms with Gasteiger partial charge in [0, 0.05) is 11.3 Å². The molecule has 1 heterocycles. The number of carbonyl (C=O) groups is 1. The molecule has 3 saturated carbocycles. The zero-order valence-corrected chi connectivity index (χ0v) is 13.3. The molecule has 1 aliphatic heterocycles. The Morgan fingerprint density at radius 3 is 2.55 bits per heavy atom. The summed E-state index contributed by atoms with van der Waals surface area (Å²) in [6, 6.07) is 0.512. The Kier molecular flexibility index (Phi) is 3.30. The summed E-state index contributed by atoms with van der Waals surface area (Å²) in [5, 5.41) is 4.53. The molecule has 1 saturated heterocycles. The van der Waals surface area contributed by atoms with Gasteiger partial charge in [-0.15, -0.1) is 0 Å². The molecule has 1 amide bonds. The van der Waals surface area contributed by atoms with Crippen LogP contribution in [-0.4, -0.2) is 40.1 Å². The zero-order valence-electron chi connectivity index (χ0n) is 12.4. The van der Waals surface area contributed by atoms with E-state index >= 15 is 0 Å². The van der Waals surface area contributed by atoms with Gasteiger partial charge in [0.1, 0.15) is 0 Å². The van der Waals surface area contributed by atoms with Crippen LogP contribution < -0.4 is 5.32 Å². The minimum atomic E-state index is -0.120. The fourth-order valence-electron chi connectivity index (χ4n) is 4.67. The van der Waals surface area contributed by atoms with Gasteiger partial charge in [0.05, 0.1) is 11.7 Å². The van der Waals surface area contributed by atoms with E-state index in [1.165, 1.54) is 44.9 Å². The van der Waals surface area contributed by atoms with Crippen molar-refractivity contribution < 1.29 is 4.79 Å². The molecule has 112 valence electrons. The lowest BCUT2D eigenvalue weighted by atomic mass is 10.0. The van der Waals surface area contributed by atoms with Gasteiger partial charge in [-0.2, -0.15) is 11.8 Å². The fraction of sp³-hybridized carbons (Fsp3) is 0.938. The molecule has 4 rings (SSSR count). The molecule has 0 aromatic rings. The monoisotopic (exact) mass is 294 g/mol. The quantitative estimate of drug-likeness (QED) is 0.868. The molecule has 0 bridgehead atoms. The van der Waals surface area contributed by atoms with Crippen LogP contribution in [0.2, 0.25) is 0 Å². The summed E-state index contributed by atoms with van der Waals surface area (Å²) < 4.78 is 0. The molecule has 0 radical (unpaired) electrons. The number of nitrogens with one attached hydrogen (secondary N) is 1. The van der Waals surface area contributed by atoms with Crippen molar-refractivity contribution in [3.8, 4) is 0 Å². The van der Waals surface area contributed by atoms with Crippen molar-refractivity contribution in [2.24, 2.45) is 5.92 Å². The van der Waals surface area contributed by atoms with Crippen LogP contribution in [0.25, 0.3) is 0 Å². The molecular weight excluding hydrogens is 268 g/mol. The molecule has 3 atom stereocenters. The number of nitrogens with zero attached hydrogens (tertiary/aromatic N) is 1. The summed E-state index contributed by atoms with van der Waals surface area (Å²) in [6.45, 7) is 0. The van der Waals surface area contributed by atoms with E-state index in [1.54, 1.807) is 0 Å². The van der Waals surface area contributed by atoms with Crippen molar-refractivity contribution in [3.63, 3.8) is 0 Å². The first-order chi connectivity index (χ1) is 9.73. The summed E-state index contributed by atoms with van der Waals surface area (Å²) in [7, 11) is 0. The van der Waals surface area contributed by atoms with Crippen LogP contribution in [0.1, 0.15) is 57.8 Å². The van der Waals surface area contributed by atoms with Crippen LogP contribution in [0.15, 0.2) is 0 Å². The van der Waals surface area contributed by atoms with E-state index in [-0.39, 0.29) is 5.54 Å². The first-order valence-electron chi connectivity index (χ1n) is 8.37. The molecule has 4 heteroatoms. The SMILES string of the molecule is CSC1CCC(N2C(=O)C3(CC3)NC2C2CCCC2)C1. The van der Waals surface area contributed by atoms with Crippen LogP contribution in [0, 0.1) is 5.92 Å². The number of hydrogen-bond donors (Lipinski definition) is 1. The van der Waals surface area contributed by atoms with Crippen molar-refractivity contribution in [2.45, 2.75) is 80.8 Å². The first kappa shape index (κ1) is 13.4. The Bertz CT molecular complexity index is 403. The van der Waals surface area contributed by atoms with Crippen LogP contribution in [0.4, 0.5) is 0 Å². The minimum absolute atomic E-state index is 0.120. The molecule has 1 spiro atoms. The third-order valence-corrected chi connectivity index (χ3v) is 7.14. The molecule has 4 fully saturated rings. The standard InChI is InChI=1S/C16H26N2OS/c1-20-13-7-6-12(10-13)18-14(11-4-2-3-5-11)17-16(8-9-16)15(18)19/h11-14,17H,2-10H2,1H3. The van der Waals surface area contributed by atoms with Crippen LogP contribution in [0.5, 0.6) is 0 Å². The largest absolute Gasteiger partial charge is 0.322 e. The van der Waals surface area contributed by atoms with Crippen molar-refractivity contribution in [2.75, 3.05) is 6.26 Å². The molecule has 3 unspecified atom stereocenters. The predicted octanol–water partition coefficient (Wildman–Crippen LogP) is 2.75. The van der Waals surface area contributed by atoms with Gasteiger partial charge in [-0.1, -0.05) is 12.8 Å². The first-order valence-corrected chi connectivity index (χ1v) is 9.65. The lowest BCUT2D eigenvalue weighted by Crippen LogP contribution is -2.47. The fourth-order valence-corrected chi connectivity index (χ4v) is 5.45. The second-order valence-electron chi connectivity index (χ2n) is 7.25. The minimum Gasteiger partial charge on any atom is -0.322 e. The molecule has 3 aliphatic carbocycles. The van der Waals surface area contributed by atoms with E-state index in [2.05, 4.69) is 16.5 Å². The van der Waals surface area contributed by atoms with Gasteiger partial charge in [-0.05, 0) is 57.1 Å². The van der Waals surface area contributed by atoms with Crippen LogP contribution >= 0.6 is 11.8 Å². The van der Waals surface area contributed by atoms with Gasteiger partial charge in [0.15, 0.2) is 0 Å². The number of thioether (sulfide) groups is 1. The summed E-state index contributed by atoms with van der Waals surface area (Å²) >= 11 is 1.99. The Labute approximate surface area is 126 Å². The van der Waals surface area contributed by atoms with Gasteiger partial charge in [0.2, 0.25) is 5.91 Å². The van der Waals surface area contributed by atoms with Crippen LogP contribution in [-0.2, 0) is 4.79 Å². The van der Waals surface area contributed by atoms with E-state index in [4.69, 9.17) is 0 Å². The summed E-state index contributed by atoms with van der Waals surface area (Å²) in [6.07, 6.45) is 13.8. The lowest BCUT2D eigenvalue weighted by molar-refractivity contribution is -0.133. The smallest absolute Gasteiger partial charge is 0.244 e. The summed E-state index contributed by atoms with van der Waals surface area (Å²) in [4.78, 5) is 15.2. The average Bonchev–Trinajstić information content (AvgIpc) is 2.88. The van der Waals surface area contributed by atoms with E-state index in [0.717, 1.165) is 18.1 Å². The Morgan fingerprint density at radius 1 is 1.20 bits per heavy atom. The molecular formula is C16H26N2OS. The number of amides is 1. The maximum Gasteiger partial charge on any atom is 0.244 e. The number of rotatable bonds is 3. The predicted molar refractivity (Wildman–Crippen MR) is 82.6 cm³/mol. The van der Waals surface area contributed by atoms with E-state index < -0.39 is 0 Å². The molecule has 4 aliphatic rings. The highest BCUT2D eigenvalue weighted by atomic mass is 32.2. The number of carbonyl (C=O) groups excluding carboxylic acids is 1. The summed E-state index contributed by atoms with van der Waals surface area (Å²) in [5.74, 6) is 1.16. The van der Waals surface area contributed by atoms with Gasteiger partial charge >= 0.3 is 0 Å². The Hall–Kier alpha value is -0.220. The average molecular weight is 294 g/mol. The van der Waals surface area contributed by atoms with E-state index in [1.807, 2.05) is 11.8 Å². The molecule has 3 nitrogen and oxygen atoms in total. The zero-order chi connectivity index (χ0) is 13.7. The van der Waals surface area contributed by atoms with Crippen molar-refractivity contribution >= 4 is 17.7 Å². The highest BCUT2D eigenvalue weighted by molar-refractivity contribution is 7.99. The van der Waals surface area contributed by atoms with Crippen molar-refractivity contribution in [1.29, 1.82) is 0 Å². The van der Waals surface area contributed by atoms with Crippen molar-refractivity contribution in [3.05, 3.63) is 0 Å². The Morgan fingerprint density at radius 2 is 1.95 bits per heavy atom. The third kappa shape index (κ3) is 2.02. The third-order valence-electron chi connectivity index (χ3n) is 6.05. The summed E-state index contributed by atoms with van der Waals surface area (Å²) in [5.41, 5.74) is -0.120. The van der Waals surface area contributed by atoms with E-state index in [9.17, 15) is 4.79 Å².